The first-order chi connectivity index (χ1) is 9.43. The van der Waals surface area contributed by atoms with E-state index >= 15 is 0 Å². The van der Waals surface area contributed by atoms with E-state index in [4.69, 9.17) is 5.73 Å². The average Bonchev–Trinajstić information content (AvgIpc) is 2.37. The van der Waals surface area contributed by atoms with Crippen LogP contribution in [0.2, 0.25) is 0 Å². The maximum Gasteiger partial charge on any atom is 0.304 e. The van der Waals surface area contributed by atoms with Gasteiger partial charge in [0.25, 0.3) is 0 Å². The number of halogens is 1. The Balaban J connectivity index is 2.13. The zero-order chi connectivity index (χ0) is 14.8. The van der Waals surface area contributed by atoms with Crippen molar-refractivity contribution in [3.8, 4) is 0 Å². The van der Waals surface area contributed by atoms with Crippen LogP contribution >= 0.6 is 0 Å². The average molecular weight is 280 g/mol. The summed E-state index contributed by atoms with van der Waals surface area (Å²) in [5.74, 6) is -0.143. The van der Waals surface area contributed by atoms with Crippen molar-refractivity contribution in [3.63, 3.8) is 0 Å². The van der Waals surface area contributed by atoms with Gasteiger partial charge in [0.05, 0.1) is 4.92 Å². The number of benzene rings is 1. The van der Waals surface area contributed by atoms with Gasteiger partial charge in [-0.05, 0) is 36.8 Å². The third kappa shape index (κ3) is 3.33. The number of nitro benzene ring substituents is 1. The molecule has 0 aromatic heterocycles. The summed E-state index contributed by atoms with van der Waals surface area (Å²) in [7, 11) is 0. The minimum absolute atomic E-state index is 0.304. The maximum atomic E-state index is 13.6. The number of rotatable bonds is 4. The quantitative estimate of drug-likeness (QED) is 0.677. The van der Waals surface area contributed by atoms with Crippen LogP contribution in [0, 0.1) is 21.8 Å². The van der Waals surface area contributed by atoms with Crippen molar-refractivity contribution in [2.45, 2.75) is 51.0 Å². The Morgan fingerprint density at radius 3 is 2.90 bits per heavy atom. The van der Waals surface area contributed by atoms with E-state index in [0.29, 0.717) is 12.3 Å². The SMILES string of the molecule is CCC1CCCC(N)(Cc2ccc([N+](=O)[O-])c(F)c2)C1. The molecule has 2 N–H and O–H groups in total. The molecular weight excluding hydrogens is 259 g/mol. The van der Waals surface area contributed by atoms with Gasteiger partial charge in [-0.15, -0.1) is 0 Å². The largest absolute Gasteiger partial charge is 0.325 e. The van der Waals surface area contributed by atoms with Gasteiger partial charge in [-0.1, -0.05) is 32.3 Å². The van der Waals surface area contributed by atoms with Gasteiger partial charge in [0.1, 0.15) is 0 Å². The molecule has 1 fully saturated rings. The van der Waals surface area contributed by atoms with Crippen LogP contribution in [0.15, 0.2) is 18.2 Å². The van der Waals surface area contributed by atoms with Crippen LogP contribution in [0.1, 0.15) is 44.6 Å². The molecule has 0 heterocycles. The van der Waals surface area contributed by atoms with Crippen molar-refractivity contribution in [3.05, 3.63) is 39.7 Å². The highest BCUT2D eigenvalue weighted by atomic mass is 19.1. The van der Waals surface area contributed by atoms with Crippen LogP contribution in [0.5, 0.6) is 0 Å². The van der Waals surface area contributed by atoms with Crippen LogP contribution in [-0.4, -0.2) is 10.5 Å². The third-order valence-corrected chi connectivity index (χ3v) is 4.32. The Morgan fingerprint density at radius 2 is 2.30 bits per heavy atom. The Labute approximate surface area is 118 Å². The first-order valence-corrected chi connectivity index (χ1v) is 7.15. The summed E-state index contributed by atoms with van der Waals surface area (Å²) in [5, 5.41) is 10.6. The molecule has 0 amide bonds. The molecular formula is C15H21FN2O2. The lowest BCUT2D eigenvalue weighted by Crippen LogP contribution is -2.46. The second kappa shape index (κ2) is 5.87. The predicted molar refractivity (Wildman–Crippen MR) is 75.9 cm³/mol. The van der Waals surface area contributed by atoms with Gasteiger partial charge in [-0.3, -0.25) is 10.1 Å². The van der Waals surface area contributed by atoms with E-state index in [1.807, 2.05) is 0 Å². The molecule has 5 heteroatoms. The van der Waals surface area contributed by atoms with Crippen LogP contribution in [0.25, 0.3) is 0 Å². The standard InChI is InChI=1S/C15H21FN2O2/c1-2-11-4-3-7-15(17,9-11)10-12-5-6-14(18(19)20)13(16)8-12/h5-6,8,11H,2-4,7,9-10,17H2,1H3. The van der Waals surface area contributed by atoms with Crippen molar-refractivity contribution < 1.29 is 9.31 Å². The Hall–Kier alpha value is -1.49. The van der Waals surface area contributed by atoms with E-state index in [-0.39, 0.29) is 5.54 Å². The topological polar surface area (TPSA) is 69.2 Å². The van der Waals surface area contributed by atoms with Crippen molar-refractivity contribution in [2.24, 2.45) is 11.7 Å². The molecule has 1 aliphatic carbocycles. The summed E-state index contributed by atoms with van der Waals surface area (Å²) in [6.07, 6.45) is 5.89. The molecule has 0 radical (unpaired) electrons. The lowest BCUT2D eigenvalue weighted by atomic mass is 9.72. The smallest absolute Gasteiger partial charge is 0.304 e. The van der Waals surface area contributed by atoms with Gasteiger partial charge in [0.2, 0.25) is 5.82 Å². The fourth-order valence-electron chi connectivity index (χ4n) is 3.25. The van der Waals surface area contributed by atoms with Crippen molar-refractivity contribution in [2.75, 3.05) is 0 Å². The second-order valence-electron chi connectivity index (χ2n) is 5.95. The fraction of sp³-hybridized carbons (Fsp3) is 0.600. The van der Waals surface area contributed by atoms with Crippen molar-refractivity contribution in [1.82, 2.24) is 0 Å². The Kier molecular flexibility index (Phi) is 4.38. The van der Waals surface area contributed by atoms with Crippen molar-refractivity contribution >= 4 is 5.69 Å². The highest BCUT2D eigenvalue weighted by Crippen LogP contribution is 2.35. The lowest BCUT2D eigenvalue weighted by Gasteiger charge is -2.38. The molecule has 2 unspecified atom stereocenters. The number of hydrogen-bond donors (Lipinski definition) is 1. The molecule has 0 saturated heterocycles. The van der Waals surface area contributed by atoms with E-state index in [1.165, 1.54) is 18.6 Å². The highest BCUT2D eigenvalue weighted by molar-refractivity contribution is 5.35. The molecule has 110 valence electrons. The monoisotopic (exact) mass is 280 g/mol. The van der Waals surface area contributed by atoms with Gasteiger partial charge >= 0.3 is 5.69 Å². The van der Waals surface area contributed by atoms with Gasteiger partial charge in [0.15, 0.2) is 0 Å². The Morgan fingerprint density at radius 1 is 1.55 bits per heavy atom. The number of hydrogen-bond acceptors (Lipinski definition) is 3. The van der Waals surface area contributed by atoms with Crippen molar-refractivity contribution in [1.29, 1.82) is 0 Å². The van der Waals surface area contributed by atoms with Gasteiger partial charge in [-0.2, -0.15) is 4.39 Å². The van der Waals surface area contributed by atoms with E-state index < -0.39 is 16.4 Å². The van der Waals surface area contributed by atoms with Gasteiger partial charge < -0.3 is 5.73 Å². The van der Waals surface area contributed by atoms with Gasteiger partial charge in [0, 0.05) is 11.6 Å². The minimum atomic E-state index is -0.779. The summed E-state index contributed by atoms with van der Waals surface area (Å²) >= 11 is 0. The molecule has 1 aromatic rings. The molecule has 2 rings (SSSR count). The minimum Gasteiger partial charge on any atom is -0.325 e. The fourth-order valence-corrected chi connectivity index (χ4v) is 3.25. The molecule has 1 aromatic carbocycles. The molecule has 0 aliphatic heterocycles. The molecule has 20 heavy (non-hydrogen) atoms. The molecule has 2 atom stereocenters. The van der Waals surface area contributed by atoms with E-state index in [0.717, 1.165) is 31.2 Å². The number of nitro groups is 1. The maximum absolute atomic E-state index is 13.6. The van der Waals surface area contributed by atoms with E-state index in [1.54, 1.807) is 6.07 Å². The Bertz CT molecular complexity index is 507. The summed E-state index contributed by atoms with van der Waals surface area (Å²) in [6, 6.07) is 4.10. The van der Waals surface area contributed by atoms with Crippen LogP contribution in [0.3, 0.4) is 0 Å². The normalized spacial score (nSPS) is 26.4. The second-order valence-corrected chi connectivity index (χ2v) is 5.95. The molecule has 0 bridgehead atoms. The van der Waals surface area contributed by atoms with Crippen LogP contribution in [0.4, 0.5) is 10.1 Å². The summed E-state index contributed by atoms with van der Waals surface area (Å²) in [6.45, 7) is 2.17. The lowest BCUT2D eigenvalue weighted by molar-refractivity contribution is -0.387. The van der Waals surface area contributed by atoms with Gasteiger partial charge in [-0.25, -0.2) is 0 Å². The predicted octanol–water partition coefficient (Wildman–Crippen LogP) is 3.57. The molecule has 1 aliphatic rings. The zero-order valence-corrected chi connectivity index (χ0v) is 11.8. The zero-order valence-electron chi connectivity index (χ0n) is 11.8. The summed E-state index contributed by atoms with van der Waals surface area (Å²) < 4.78 is 13.6. The molecule has 0 spiro atoms. The van der Waals surface area contributed by atoms with E-state index in [9.17, 15) is 14.5 Å². The number of nitrogens with two attached hydrogens (primary N) is 1. The summed E-state index contributed by atoms with van der Waals surface area (Å²) in [5.41, 5.74) is 6.41. The summed E-state index contributed by atoms with van der Waals surface area (Å²) in [4.78, 5) is 9.91. The molecule has 1 saturated carbocycles. The first-order valence-electron chi connectivity index (χ1n) is 7.15. The molecule has 4 nitrogen and oxygen atoms in total. The third-order valence-electron chi connectivity index (χ3n) is 4.32. The first kappa shape index (κ1) is 14.9. The van der Waals surface area contributed by atoms with Crippen LogP contribution < -0.4 is 5.73 Å². The number of nitrogens with zero attached hydrogens (tertiary/aromatic N) is 1. The van der Waals surface area contributed by atoms with Crippen LogP contribution in [-0.2, 0) is 6.42 Å². The highest BCUT2D eigenvalue weighted by Gasteiger charge is 2.32. The van der Waals surface area contributed by atoms with E-state index in [2.05, 4.69) is 6.92 Å².